The van der Waals surface area contributed by atoms with Gasteiger partial charge in [0.05, 0.1) is 17.1 Å². The van der Waals surface area contributed by atoms with Crippen molar-refractivity contribution in [3.05, 3.63) is 89.6 Å². The van der Waals surface area contributed by atoms with Crippen molar-refractivity contribution in [1.29, 1.82) is 0 Å². The normalized spacial score (nSPS) is 14.1. The van der Waals surface area contributed by atoms with Gasteiger partial charge in [-0.05, 0) is 73.2 Å². The van der Waals surface area contributed by atoms with E-state index in [-0.39, 0.29) is 29.5 Å². The summed E-state index contributed by atoms with van der Waals surface area (Å²) in [4.78, 5) is 18.2. The lowest BCUT2D eigenvalue weighted by Crippen LogP contribution is -2.21. The molecule has 0 saturated heterocycles. The van der Waals surface area contributed by atoms with Crippen LogP contribution in [0.25, 0.3) is 22.4 Å². The van der Waals surface area contributed by atoms with Gasteiger partial charge >= 0.3 is 0 Å². The highest BCUT2D eigenvalue weighted by molar-refractivity contribution is 7.99. The van der Waals surface area contributed by atoms with E-state index in [0.717, 1.165) is 33.7 Å². The molecule has 1 saturated carbocycles. The fourth-order valence-electron chi connectivity index (χ4n) is 4.72. The van der Waals surface area contributed by atoms with Gasteiger partial charge in [-0.15, -0.1) is 11.8 Å². The smallest absolute Gasteiger partial charge is 0.257 e. The van der Waals surface area contributed by atoms with Crippen LogP contribution in [0.1, 0.15) is 31.2 Å². The Morgan fingerprint density at radius 2 is 1.82 bits per heavy atom. The Labute approximate surface area is 225 Å². The van der Waals surface area contributed by atoms with E-state index in [1.807, 2.05) is 18.2 Å². The summed E-state index contributed by atoms with van der Waals surface area (Å²) in [5.41, 5.74) is 0.0318. The van der Waals surface area contributed by atoms with E-state index in [0.29, 0.717) is 18.4 Å². The van der Waals surface area contributed by atoms with Gasteiger partial charge < -0.3 is 9.84 Å². The molecule has 1 aliphatic carbocycles. The lowest BCUT2D eigenvalue weighted by Gasteiger charge is -2.15. The summed E-state index contributed by atoms with van der Waals surface area (Å²) < 4.78 is 50.7. The third-order valence-corrected chi connectivity index (χ3v) is 7.59. The van der Waals surface area contributed by atoms with Crippen molar-refractivity contribution in [2.45, 2.75) is 36.6 Å². The highest BCUT2D eigenvalue weighted by Gasteiger charge is 2.53. The van der Waals surface area contributed by atoms with Gasteiger partial charge in [-0.2, -0.15) is 10.1 Å². The zero-order chi connectivity index (χ0) is 27.1. The minimum atomic E-state index is -1.07. The number of rotatable bonds is 8. The number of carbonyl (C=O) groups excluding carboxylic acids is 1. The fraction of sp³-hybridized carbons (Fsp3) is 0.214. The van der Waals surface area contributed by atoms with Crippen molar-refractivity contribution >= 4 is 34.3 Å². The first-order valence-corrected chi connectivity index (χ1v) is 13.3. The van der Waals surface area contributed by atoms with E-state index in [2.05, 4.69) is 27.5 Å². The molecule has 3 aromatic carbocycles. The number of aromatic nitrogens is 4. The Kier molecular flexibility index (Phi) is 6.38. The van der Waals surface area contributed by atoms with Crippen LogP contribution in [0.4, 0.5) is 18.9 Å². The molecule has 0 aliphatic heterocycles. The highest BCUT2D eigenvalue weighted by atomic mass is 32.2. The molecule has 0 unspecified atom stereocenters. The van der Waals surface area contributed by atoms with Gasteiger partial charge in [0.25, 0.3) is 5.89 Å². The van der Waals surface area contributed by atoms with Crippen LogP contribution in [0.15, 0.2) is 70.2 Å². The number of fused-ring (bicyclic) bond motifs is 1. The maximum Gasteiger partial charge on any atom is 0.257 e. The second-order valence-electron chi connectivity index (χ2n) is 9.33. The molecule has 11 heteroatoms. The standard InChI is InChI=1S/C28H22F3N5O2S/c1-2-39-20-7-8-23-17(11-20)14-32-36(23)15-24(37)33-19-12-21(30)25(22(31)13-19)28(9-10-28)27-34-26(38-35-27)16-3-5-18(29)6-4-16/h3-8,11-14H,2,9-10,15H2,1H3,(H,33,37). The molecule has 0 spiro atoms. The summed E-state index contributed by atoms with van der Waals surface area (Å²) in [6.45, 7) is 1.95. The average Bonchev–Trinajstić information content (AvgIpc) is 3.35. The second-order valence-corrected chi connectivity index (χ2v) is 10.7. The number of hydrogen-bond donors (Lipinski definition) is 1. The van der Waals surface area contributed by atoms with Crippen LogP contribution in [0, 0.1) is 17.5 Å². The maximum absolute atomic E-state index is 15.3. The Hall–Kier alpha value is -4.12. The van der Waals surface area contributed by atoms with Gasteiger partial charge in [0, 0.05) is 27.1 Å². The number of carbonyl (C=O) groups is 1. The molecule has 1 fully saturated rings. The number of benzene rings is 3. The van der Waals surface area contributed by atoms with E-state index >= 15 is 8.78 Å². The molecule has 2 aromatic heterocycles. The highest BCUT2D eigenvalue weighted by Crippen LogP contribution is 2.54. The second kappa shape index (κ2) is 9.88. The van der Waals surface area contributed by atoms with Gasteiger partial charge in [0.1, 0.15) is 24.0 Å². The molecule has 2 heterocycles. The number of amides is 1. The van der Waals surface area contributed by atoms with Gasteiger partial charge in [0.15, 0.2) is 5.82 Å². The number of anilines is 1. The van der Waals surface area contributed by atoms with Crippen molar-refractivity contribution in [3.63, 3.8) is 0 Å². The summed E-state index contributed by atoms with van der Waals surface area (Å²) >= 11 is 1.71. The Morgan fingerprint density at radius 1 is 1.08 bits per heavy atom. The molecule has 1 N–H and O–H groups in total. The molecular weight excluding hydrogens is 527 g/mol. The molecule has 0 bridgehead atoms. The van der Waals surface area contributed by atoms with Crippen LogP contribution in [0.2, 0.25) is 0 Å². The minimum absolute atomic E-state index is 0.00671. The van der Waals surface area contributed by atoms with Gasteiger partial charge in [-0.1, -0.05) is 12.1 Å². The Morgan fingerprint density at radius 3 is 2.51 bits per heavy atom. The van der Waals surface area contributed by atoms with Crippen LogP contribution >= 0.6 is 11.8 Å². The topological polar surface area (TPSA) is 85.8 Å². The third-order valence-electron chi connectivity index (χ3n) is 6.72. The first kappa shape index (κ1) is 25.2. The third kappa shape index (κ3) is 4.78. The summed E-state index contributed by atoms with van der Waals surface area (Å²) in [6, 6.07) is 13.5. The summed E-state index contributed by atoms with van der Waals surface area (Å²) in [5, 5.41) is 11.7. The van der Waals surface area contributed by atoms with Crippen LogP contribution in [-0.2, 0) is 16.8 Å². The monoisotopic (exact) mass is 549 g/mol. The first-order valence-electron chi connectivity index (χ1n) is 12.3. The molecule has 7 nitrogen and oxygen atoms in total. The Balaban J connectivity index is 1.20. The molecular formula is C28H22F3N5O2S. The van der Waals surface area contributed by atoms with Crippen molar-refractivity contribution in [1.82, 2.24) is 19.9 Å². The summed E-state index contributed by atoms with van der Waals surface area (Å²) in [5.74, 6) is -1.28. The first-order chi connectivity index (χ1) is 18.9. The van der Waals surface area contributed by atoms with E-state index in [4.69, 9.17) is 4.52 Å². The number of halogens is 3. The van der Waals surface area contributed by atoms with Crippen LogP contribution in [0.5, 0.6) is 0 Å². The predicted octanol–water partition coefficient (Wildman–Crippen LogP) is 6.33. The number of nitrogens with zero attached hydrogens (tertiary/aromatic N) is 4. The van der Waals surface area contributed by atoms with E-state index in [9.17, 15) is 9.18 Å². The lowest BCUT2D eigenvalue weighted by atomic mass is 9.93. The van der Waals surface area contributed by atoms with Crippen molar-refractivity contribution in [2.24, 2.45) is 0 Å². The van der Waals surface area contributed by atoms with E-state index in [1.54, 1.807) is 22.6 Å². The van der Waals surface area contributed by atoms with Crippen molar-refractivity contribution in [3.8, 4) is 11.5 Å². The fourth-order valence-corrected chi connectivity index (χ4v) is 5.43. The molecule has 6 rings (SSSR count). The van der Waals surface area contributed by atoms with Gasteiger partial charge in [0.2, 0.25) is 5.91 Å². The Bertz CT molecular complexity index is 1670. The molecule has 5 aromatic rings. The summed E-state index contributed by atoms with van der Waals surface area (Å²) in [6.07, 6.45) is 2.55. The largest absolute Gasteiger partial charge is 0.334 e. The number of hydrogen-bond acceptors (Lipinski definition) is 6. The molecule has 198 valence electrons. The van der Waals surface area contributed by atoms with E-state index in [1.165, 1.54) is 24.3 Å². The van der Waals surface area contributed by atoms with Crippen LogP contribution < -0.4 is 5.32 Å². The average molecular weight is 550 g/mol. The molecule has 1 aliphatic rings. The zero-order valence-corrected chi connectivity index (χ0v) is 21.6. The quantitative estimate of drug-likeness (QED) is 0.228. The molecule has 1 amide bonds. The molecule has 39 heavy (non-hydrogen) atoms. The minimum Gasteiger partial charge on any atom is -0.334 e. The number of thioether (sulfide) groups is 1. The number of nitrogens with one attached hydrogen (secondary N) is 1. The zero-order valence-electron chi connectivity index (χ0n) is 20.7. The van der Waals surface area contributed by atoms with Crippen LogP contribution in [0.3, 0.4) is 0 Å². The molecule has 0 atom stereocenters. The summed E-state index contributed by atoms with van der Waals surface area (Å²) in [7, 11) is 0. The van der Waals surface area contributed by atoms with Crippen molar-refractivity contribution < 1.29 is 22.5 Å². The maximum atomic E-state index is 15.3. The van der Waals surface area contributed by atoms with Gasteiger partial charge in [-0.3, -0.25) is 9.48 Å². The van der Waals surface area contributed by atoms with E-state index < -0.39 is 28.8 Å². The van der Waals surface area contributed by atoms with Crippen LogP contribution in [-0.4, -0.2) is 31.6 Å². The van der Waals surface area contributed by atoms with Gasteiger partial charge in [-0.25, -0.2) is 13.2 Å². The predicted molar refractivity (Wildman–Crippen MR) is 141 cm³/mol. The lowest BCUT2D eigenvalue weighted by molar-refractivity contribution is -0.116. The van der Waals surface area contributed by atoms with Crippen molar-refractivity contribution in [2.75, 3.05) is 11.1 Å². The molecule has 0 radical (unpaired) electrons. The SMILES string of the molecule is CCSc1ccc2c(cnn2CC(=O)Nc2cc(F)c(C3(c4noc(-c5ccc(F)cc5)n4)CC3)c(F)c2)c1.